The van der Waals surface area contributed by atoms with Gasteiger partial charge in [0.25, 0.3) is 0 Å². The van der Waals surface area contributed by atoms with Crippen molar-refractivity contribution in [3.05, 3.63) is 212 Å². The minimum atomic E-state index is -0.302. The Labute approximate surface area is 317 Å². The van der Waals surface area contributed by atoms with Gasteiger partial charge in [-0.05, 0) is 119 Å². The first kappa shape index (κ1) is 32.4. The molecular weight excluding hydrogens is 681 g/mol. The van der Waals surface area contributed by atoms with Crippen LogP contribution in [-0.2, 0) is 0 Å². The second kappa shape index (κ2) is 13.3. The summed E-state index contributed by atoms with van der Waals surface area (Å²) in [7, 11) is 0. The highest BCUT2D eigenvalue weighted by Gasteiger charge is 2.21. The molecule has 262 valence electrons. The molecule has 0 N–H and O–H groups in total. The number of aromatic nitrogens is 1. The molecule has 0 bridgehead atoms. The van der Waals surface area contributed by atoms with E-state index in [1.165, 1.54) is 12.1 Å². The molecule has 0 saturated heterocycles. The van der Waals surface area contributed by atoms with Gasteiger partial charge in [-0.15, -0.1) is 0 Å². The van der Waals surface area contributed by atoms with Gasteiger partial charge >= 0.3 is 0 Å². The fourth-order valence-electron chi connectivity index (χ4n) is 7.88. The molecule has 0 atom stereocenters. The number of fused-ring (bicyclic) bond motifs is 5. The molecule has 9 aromatic carbocycles. The van der Waals surface area contributed by atoms with Crippen LogP contribution in [0.5, 0.6) is 0 Å². The van der Waals surface area contributed by atoms with E-state index in [4.69, 9.17) is 0 Å². The molecule has 0 aliphatic heterocycles. The molecule has 0 spiro atoms. The number of nitrogens with zero attached hydrogens (tertiary/aromatic N) is 3. The zero-order valence-electron chi connectivity index (χ0n) is 29.7. The van der Waals surface area contributed by atoms with Gasteiger partial charge in [-0.2, -0.15) is 0 Å². The summed E-state index contributed by atoms with van der Waals surface area (Å²) < 4.78 is 33.4. The number of hydrogen-bond donors (Lipinski definition) is 0. The molecule has 3 nitrogen and oxygen atoms in total. The molecule has 1 aromatic heterocycles. The Hall–Kier alpha value is -7.24. The van der Waals surface area contributed by atoms with Crippen molar-refractivity contribution in [3.8, 4) is 5.69 Å². The minimum absolute atomic E-state index is 0.297. The van der Waals surface area contributed by atoms with Crippen LogP contribution in [0.4, 0.5) is 42.9 Å². The van der Waals surface area contributed by atoms with Crippen LogP contribution in [0.2, 0.25) is 0 Å². The highest BCUT2D eigenvalue weighted by molar-refractivity contribution is 6.15. The maximum absolute atomic E-state index is 15.6. The van der Waals surface area contributed by atoms with Gasteiger partial charge in [0.1, 0.15) is 11.6 Å². The molecule has 0 amide bonds. The minimum Gasteiger partial charge on any atom is -0.309 e. The summed E-state index contributed by atoms with van der Waals surface area (Å²) >= 11 is 0. The zero-order valence-corrected chi connectivity index (χ0v) is 29.7. The van der Waals surface area contributed by atoms with E-state index in [9.17, 15) is 0 Å². The normalized spacial score (nSPS) is 11.5. The lowest BCUT2D eigenvalue weighted by Crippen LogP contribution is -2.11. The highest BCUT2D eigenvalue weighted by Crippen LogP contribution is 2.43. The van der Waals surface area contributed by atoms with Gasteiger partial charge in [-0.1, -0.05) is 103 Å². The standard InChI is InChI=1S/C50H33F2N3/c51-45-19-9-11-21-47(45)53(38-15-3-1-4-16-38)40-26-24-36-31-44-43-28-27-42(54(39-17-5-2-6-18-39)48-22-12-10-20-46(48)52)33-50(43)55(49(44)32-37(36)30-40)41-25-23-34-13-7-8-14-35(34)29-41/h1-33H. The number of halogens is 2. The van der Waals surface area contributed by atoms with Crippen molar-refractivity contribution in [3.63, 3.8) is 0 Å². The Bertz CT molecular complexity index is 3030. The maximum Gasteiger partial charge on any atom is 0.147 e. The molecular formula is C50H33F2N3. The summed E-state index contributed by atoms with van der Waals surface area (Å²) in [6, 6.07) is 65.7. The molecule has 0 saturated carbocycles. The number of benzene rings is 9. The lowest BCUT2D eigenvalue weighted by Gasteiger charge is -2.26. The van der Waals surface area contributed by atoms with E-state index in [1.54, 1.807) is 12.1 Å². The van der Waals surface area contributed by atoms with E-state index in [0.717, 1.165) is 71.8 Å². The van der Waals surface area contributed by atoms with Crippen LogP contribution in [0.3, 0.4) is 0 Å². The molecule has 55 heavy (non-hydrogen) atoms. The predicted octanol–water partition coefficient (Wildman–Crippen LogP) is 14.3. The summed E-state index contributed by atoms with van der Waals surface area (Å²) in [6.45, 7) is 0. The van der Waals surface area contributed by atoms with Crippen LogP contribution in [0.15, 0.2) is 200 Å². The first-order valence-electron chi connectivity index (χ1n) is 18.3. The monoisotopic (exact) mass is 713 g/mol. The first-order chi connectivity index (χ1) is 27.1. The Morgan fingerprint density at radius 1 is 0.327 bits per heavy atom. The topological polar surface area (TPSA) is 11.4 Å². The first-order valence-corrected chi connectivity index (χ1v) is 18.3. The Kier molecular flexibility index (Phi) is 7.85. The number of hydrogen-bond acceptors (Lipinski definition) is 2. The average molecular weight is 714 g/mol. The van der Waals surface area contributed by atoms with Gasteiger partial charge < -0.3 is 14.4 Å². The number of para-hydroxylation sites is 4. The lowest BCUT2D eigenvalue weighted by molar-refractivity contribution is 0.628. The van der Waals surface area contributed by atoms with Crippen LogP contribution >= 0.6 is 0 Å². The Morgan fingerprint density at radius 2 is 0.836 bits per heavy atom. The fourth-order valence-corrected chi connectivity index (χ4v) is 7.88. The van der Waals surface area contributed by atoms with Crippen LogP contribution in [-0.4, -0.2) is 4.57 Å². The van der Waals surface area contributed by atoms with Gasteiger partial charge in [0.05, 0.1) is 22.4 Å². The SMILES string of the molecule is Fc1ccccc1N(c1ccccc1)c1ccc2cc3c4ccc(N(c5ccccc5)c5ccccc5F)cc4n(-c4ccc5ccccc5c4)c3cc2c1. The molecule has 0 aliphatic carbocycles. The largest absolute Gasteiger partial charge is 0.309 e. The van der Waals surface area contributed by atoms with E-state index in [0.29, 0.717) is 11.4 Å². The van der Waals surface area contributed by atoms with E-state index in [-0.39, 0.29) is 11.6 Å². The van der Waals surface area contributed by atoms with Crippen molar-refractivity contribution < 1.29 is 8.78 Å². The molecule has 0 fully saturated rings. The van der Waals surface area contributed by atoms with E-state index in [1.807, 2.05) is 94.7 Å². The van der Waals surface area contributed by atoms with E-state index >= 15 is 8.78 Å². The summed E-state index contributed by atoms with van der Waals surface area (Å²) in [5, 5.41) is 6.56. The van der Waals surface area contributed by atoms with Gasteiger partial charge in [0.15, 0.2) is 0 Å². The predicted molar refractivity (Wildman–Crippen MR) is 225 cm³/mol. The van der Waals surface area contributed by atoms with Crippen LogP contribution in [0.25, 0.3) is 49.0 Å². The van der Waals surface area contributed by atoms with Gasteiger partial charge in [-0.25, -0.2) is 8.78 Å². The van der Waals surface area contributed by atoms with Gasteiger partial charge in [0, 0.05) is 39.2 Å². The van der Waals surface area contributed by atoms with E-state index < -0.39 is 0 Å². The van der Waals surface area contributed by atoms with Gasteiger partial charge in [0.2, 0.25) is 0 Å². The molecule has 1 heterocycles. The smallest absolute Gasteiger partial charge is 0.147 e. The van der Waals surface area contributed by atoms with E-state index in [2.05, 4.69) is 95.6 Å². The third-order valence-electron chi connectivity index (χ3n) is 10.4. The zero-order chi connectivity index (χ0) is 36.9. The fraction of sp³-hybridized carbons (Fsp3) is 0. The summed E-state index contributed by atoms with van der Waals surface area (Å²) in [6.07, 6.45) is 0. The van der Waals surface area contributed by atoms with Crippen molar-refractivity contribution in [1.29, 1.82) is 0 Å². The molecule has 5 heteroatoms. The van der Waals surface area contributed by atoms with Crippen molar-refractivity contribution in [2.45, 2.75) is 0 Å². The Balaban J connectivity index is 1.23. The third-order valence-corrected chi connectivity index (χ3v) is 10.4. The van der Waals surface area contributed by atoms with Crippen molar-refractivity contribution >= 4 is 77.5 Å². The van der Waals surface area contributed by atoms with Crippen LogP contribution in [0, 0.1) is 11.6 Å². The quantitative estimate of drug-likeness (QED) is 0.163. The maximum atomic E-state index is 15.6. The molecule has 10 rings (SSSR count). The second-order valence-corrected chi connectivity index (χ2v) is 13.7. The molecule has 0 radical (unpaired) electrons. The number of anilines is 6. The molecule has 0 unspecified atom stereocenters. The highest BCUT2D eigenvalue weighted by atomic mass is 19.1. The number of rotatable bonds is 7. The Morgan fingerprint density at radius 3 is 1.49 bits per heavy atom. The van der Waals surface area contributed by atoms with Gasteiger partial charge in [-0.3, -0.25) is 0 Å². The van der Waals surface area contributed by atoms with Crippen LogP contribution in [0.1, 0.15) is 0 Å². The summed E-state index contributed by atoms with van der Waals surface area (Å²) in [4.78, 5) is 3.94. The van der Waals surface area contributed by atoms with Crippen LogP contribution < -0.4 is 9.80 Å². The van der Waals surface area contributed by atoms with Crippen molar-refractivity contribution in [2.75, 3.05) is 9.80 Å². The van der Waals surface area contributed by atoms with Crippen molar-refractivity contribution in [1.82, 2.24) is 4.57 Å². The van der Waals surface area contributed by atoms with Crippen molar-refractivity contribution in [2.24, 2.45) is 0 Å². The third kappa shape index (κ3) is 5.65. The summed E-state index contributed by atoms with van der Waals surface area (Å²) in [5.74, 6) is -0.599. The molecule has 10 aromatic rings. The summed E-state index contributed by atoms with van der Waals surface area (Å²) in [5.41, 5.74) is 7.39. The molecule has 0 aliphatic rings. The lowest BCUT2D eigenvalue weighted by atomic mass is 10.0. The average Bonchev–Trinajstić information content (AvgIpc) is 3.54. The second-order valence-electron chi connectivity index (χ2n) is 13.7.